The van der Waals surface area contributed by atoms with Gasteiger partial charge in [0.05, 0.1) is 16.0 Å². The van der Waals surface area contributed by atoms with Crippen molar-refractivity contribution in [3.05, 3.63) is 62.6 Å². The van der Waals surface area contributed by atoms with Gasteiger partial charge in [-0.05, 0) is 17.7 Å². The van der Waals surface area contributed by atoms with Gasteiger partial charge in [-0.3, -0.25) is 10.1 Å². The van der Waals surface area contributed by atoms with Crippen LogP contribution in [0.3, 0.4) is 0 Å². The van der Waals surface area contributed by atoms with Crippen LogP contribution < -0.4 is 9.94 Å². The van der Waals surface area contributed by atoms with Crippen molar-refractivity contribution in [2.24, 2.45) is 5.10 Å². The average molecular weight is 399 g/mol. The van der Waals surface area contributed by atoms with Gasteiger partial charge in [0.15, 0.2) is 0 Å². The van der Waals surface area contributed by atoms with Crippen molar-refractivity contribution in [1.82, 2.24) is 4.83 Å². The lowest BCUT2D eigenvalue weighted by molar-refractivity contribution is -0.385. The van der Waals surface area contributed by atoms with E-state index < -0.39 is 20.7 Å². The number of hydrogen-bond donors (Lipinski definition) is 1. The average Bonchev–Trinajstić information content (AvgIpc) is 2.51. The van der Waals surface area contributed by atoms with Crippen molar-refractivity contribution in [3.63, 3.8) is 0 Å². The molecule has 2 rings (SSSR count). The van der Waals surface area contributed by atoms with Gasteiger partial charge in [-0.2, -0.15) is 13.5 Å². The van der Waals surface area contributed by atoms with Gasteiger partial charge >= 0.3 is 0 Å². The van der Waals surface area contributed by atoms with Crippen molar-refractivity contribution < 1.29 is 18.4 Å². The maximum atomic E-state index is 11.9. The lowest BCUT2D eigenvalue weighted by Crippen LogP contribution is -2.18. The maximum Gasteiger partial charge on any atom is 0.276 e. The summed E-state index contributed by atoms with van der Waals surface area (Å²) in [4.78, 5) is 12.0. The first-order chi connectivity index (χ1) is 10.8. The first-order valence-corrected chi connectivity index (χ1v) is 8.34. The molecular formula is C13H9BrN3O5S-. The van der Waals surface area contributed by atoms with Crippen molar-refractivity contribution >= 4 is 37.9 Å². The molecule has 2 aromatic carbocycles. The van der Waals surface area contributed by atoms with Gasteiger partial charge in [-0.1, -0.05) is 39.9 Å². The third kappa shape index (κ3) is 4.05. The quantitative estimate of drug-likeness (QED) is 0.466. The van der Waals surface area contributed by atoms with Crippen molar-refractivity contribution in [2.75, 3.05) is 0 Å². The van der Waals surface area contributed by atoms with Crippen LogP contribution in [0, 0.1) is 10.1 Å². The molecule has 0 fully saturated rings. The highest BCUT2D eigenvalue weighted by Crippen LogP contribution is 2.29. The van der Waals surface area contributed by atoms with Crippen molar-refractivity contribution in [1.29, 1.82) is 0 Å². The van der Waals surface area contributed by atoms with Gasteiger partial charge in [0.1, 0.15) is 0 Å². The molecule has 10 heteroatoms. The summed E-state index contributed by atoms with van der Waals surface area (Å²) in [6, 6.07) is 9.58. The number of benzene rings is 2. The van der Waals surface area contributed by atoms with Crippen molar-refractivity contribution in [3.8, 4) is 5.75 Å². The zero-order valence-electron chi connectivity index (χ0n) is 11.3. The van der Waals surface area contributed by atoms with Gasteiger partial charge in [-0.15, -0.1) is 0 Å². The first-order valence-electron chi connectivity index (χ1n) is 6.06. The van der Waals surface area contributed by atoms with E-state index in [4.69, 9.17) is 0 Å². The minimum Gasteiger partial charge on any atom is -0.871 e. The summed E-state index contributed by atoms with van der Waals surface area (Å²) >= 11 is 2.92. The summed E-state index contributed by atoms with van der Waals surface area (Å²) in [5.41, 5.74) is -0.439. The van der Waals surface area contributed by atoms with Crippen LogP contribution in [-0.4, -0.2) is 19.6 Å². The Kier molecular flexibility index (Phi) is 4.96. The Balaban J connectivity index is 2.26. The van der Waals surface area contributed by atoms with Crippen LogP contribution in [0.15, 0.2) is 56.9 Å². The predicted octanol–water partition coefficient (Wildman–Crippen LogP) is 1.74. The molecule has 0 spiro atoms. The number of nitrogens with one attached hydrogen (secondary N) is 1. The van der Waals surface area contributed by atoms with E-state index in [0.717, 1.165) is 18.3 Å². The Morgan fingerprint density at radius 3 is 2.48 bits per heavy atom. The number of hydrogen-bond acceptors (Lipinski definition) is 6. The summed E-state index contributed by atoms with van der Waals surface area (Å²) in [7, 11) is -3.88. The number of nitro benzene ring substituents is 1. The highest BCUT2D eigenvalue weighted by Gasteiger charge is 2.12. The molecule has 0 aliphatic heterocycles. The molecular weight excluding hydrogens is 390 g/mol. The second-order valence-corrected chi connectivity index (χ2v) is 6.78. The van der Waals surface area contributed by atoms with E-state index in [1.165, 1.54) is 12.1 Å². The maximum absolute atomic E-state index is 11.9. The van der Waals surface area contributed by atoms with Crippen LogP contribution in [0.1, 0.15) is 5.56 Å². The molecule has 0 radical (unpaired) electrons. The fraction of sp³-hybridized carbons (Fsp3) is 0. The third-order valence-corrected chi connectivity index (χ3v) is 4.53. The van der Waals surface area contributed by atoms with Crippen LogP contribution in [0.4, 0.5) is 5.69 Å². The molecule has 0 aliphatic rings. The molecule has 0 aromatic heterocycles. The zero-order chi connectivity index (χ0) is 17.0. The predicted molar refractivity (Wildman–Crippen MR) is 84.6 cm³/mol. The number of non-ortho nitro benzene ring substituents is 1. The zero-order valence-corrected chi connectivity index (χ0v) is 13.7. The van der Waals surface area contributed by atoms with Crippen LogP contribution in [0.2, 0.25) is 0 Å². The Morgan fingerprint density at radius 2 is 1.87 bits per heavy atom. The standard InChI is InChI=1S/C13H10BrN3O5S/c14-12-7-10(17(19)20)6-9(13(12)18)8-15-16-23(21,22)11-4-2-1-3-5-11/h1-8,16,18H/p-1/b15-8-. The largest absolute Gasteiger partial charge is 0.871 e. The van der Waals surface area contributed by atoms with Gasteiger partial charge in [0.2, 0.25) is 0 Å². The molecule has 0 saturated carbocycles. The molecule has 1 N–H and O–H groups in total. The van der Waals surface area contributed by atoms with E-state index >= 15 is 0 Å². The fourth-order valence-corrected chi connectivity index (χ4v) is 2.89. The van der Waals surface area contributed by atoms with E-state index in [9.17, 15) is 23.6 Å². The monoisotopic (exact) mass is 398 g/mol. The second kappa shape index (κ2) is 6.75. The topological polar surface area (TPSA) is 125 Å². The molecule has 0 saturated heterocycles. The number of nitro groups is 1. The van der Waals surface area contributed by atoms with Gasteiger partial charge < -0.3 is 5.11 Å². The van der Waals surface area contributed by atoms with E-state index in [1.54, 1.807) is 18.2 Å². The normalized spacial score (nSPS) is 11.5. The van der Waals surface area contributed by atoms with E-state index in [2.05, 4.69) is 21.0 Å². The minimum atomic E-state index is -3.88. The van der Waals surface area contributed by atoms with Crippen LogP contribution in [-0.2, 0) is 10.0 Å². The Morgan fingerprint density at radius 1 is 1.22 bits per heavy atom. The number of halogens is 1. The first kappa shape index (κ1) is 16.9. The highest BCUT2D eigenvalue weighted by atomic mass is 79.9. The lowest BCUT2D eigenvalue weighted by atomic mass is 10.2. The summed E-state index contributed by atoms with van der Waals surface area (Å²) in [6.45, 7) is 0. The van der Waals surface area contributed by atoms with Crippen LogP contribution >= 0.6 is 15.9 Å². The Hall–Kier alpha value is -2.46. The SMILES string of the molecule is O=[N+]([O-])c1cc(Br)c([O-])c(/C=N\NS(=O)(=O)c2ccccc2)c1. The second-order valence-electron chi connectivity index (χ2n) is 4.27. The molecule has 0 atom stereocenters. The Bertz CT molecular complexity index is 869. The molecule has 0 heterocycles. The molecule has 0 aliphatic carbocycles. The van der Waals surface area contributed by atoms with Crippen LogP contribution in [0.25, 0.3) is 0 Å². The summed E-state index contributed by atoms with van der Waals surface area (Å²) < 4.78 is 23.8. The molecule has 8 nitrogen and oxygen atoms in total. The highest BCUT2D eigenvalue weighted by molar-refractivity contribution is 9.10. The van der Waals surface area contributed by atoms with Gasteiger partial charge in [0.25, 0.3) is 15.7 Å². The number of rotatable bonds is 5. The molecule has 2 aromatic rings. The fourth-order valence-electron chi connectivity index (χ4n) is 1.62. The van der Waals surface area contributed by atoms with E-state index in [0.29, 0.717) is 0 Å². The summed E-state index contributed by atoms with van der Waals surface area (Å²) in [5, 5.41) is 26.1. The number of sulfonamides is 1. The Labute approximate surface area is 139 Å². The molecule has 0 amide bonds. The number of hydrazone groups is 1. The lowest BCUT2D eigenvalue weighted by Gasteiger charge is -2.12. The molecule has 120 valence electrons. The van der Waals surface area contributed by atoms with E-state index in [1.807, 2.05) is 4.83 Å². The molecule has 23 heavy (non-hydrogen) atoms. The molecule has 0 bridgehead atoms. The van der Waals surface area contributed by atoms with Crippen LogP contribution in [0.5, 0.6) is 5.75 Å². The minimum absolute atomic E-state index is 0.000260. The van der Waals surface area contributed by atoms with Crippen molar-refractivity contribution in [2.45, 2.75) is 4.90 Å². The molecule has 0 unspecified atom stereocenters. The smallest absolute Gasteiger partial charge is 0.276 e. The van der Waals surface area contributed by atoms with Gasteiger partial charge in [-0.25, -0.2) is 4.83 Å². The number of nitrogens with zero attached hydrogens (tertiary/aromatic N) is 2. The summed E-state index contributed by atoms with van der Waals surface area (Å²) in [6.07, 6.45) is 0.917. The van der Waals surface area contributed by atoms with E-state index in [-0.39, 0.29) is 20.6 Å². The van der Waals surface area contributed by atoms with Gasteiger partial charge in [0, 0.05) is 16.6 Å². The third-order valence-electron chi connectivity index (χ3n) is 2.70. The summed E-state index contributed by atoms with van der Waals surface area (Å²) in [5.74, 6) is -0.543.